The summed E-state index contributed by atoms with van der Waals surface area (Å²) in [6, 6.07) is 0. The van der Waals surface area contributed by atoms with Crippen LogP contribution in [0, 0.1) is 40.4 Å². The summed E-state index contributed by atoms with van der Waals surface area (Å²) in [7, 11) is 0. The van der Waals surface area contributed by atoms with E-state index in [9.17, 15) is 9.90 Å². The molecule has 0 saturated heterocycles. The van der Waals surface area contributed by atoms with Crippen LogP contribution in [0.25, 0.3) is 0 Å². The highest BCUT2D eigenvalue weighted by Gasteiger charge is 2.64. The van der Waals surface area contributed by atoms with Crippen LogP contribution in [0.15, 0.2) is 0 Å². The van der Waals surface area contributed by atoms with E-state index in [-0.39, 0.29) is 5.41 Å². The van der Waals surface area contributed by atoms with Crippen molar-refractivity contribution in [2.24, 2.45) is 40.4 Å². The average Bonchev–Trinajstić information content (AvgIpc) is 2.72. The monoisotopic (exact) mass is 318 g/mol. The van der Waals surface area contributed by atoms with Crippen LogP contribution in [-0.2, 0) is 4.79 Å². The third kappa shape index (κ3) is 2.00. The third-order valence-corrected chi connectivity index (χ3v) is 9.40. The first kappa shape index (κ1) is 16.1. The first-order valence-electron chi connectivity index (χ1n) is 9.93. The molecular formula is C21H34O2. The van der Waals surface area contributed by atoms with Crippen LogP contribution in [0.2, 0.25) is 0 Å². The van der Waals surface area contributed by atoms with Crippen LogP contribution in [0.4, 0.5) is 0 Å². The molecule has 4 saturated carbocycles. The Labute approximate surface area is 141 Å². The van der Waals surface area contributed by atoms with Crippen molar-refractivity contribution in [3.63, 3.8) is 0 Å². The minimum absolute atomic E-state index is 0.107. The van der Waals surface area contributed by atoms with Crippen LogP contribution < -0.4 is 0 Å². The van der Waals surface area contributed by atoms with Gasteiger partial charge < -0.3 is 5.11 Å². The molecule has 0 heterocycles. The van der Waals surface area contributed by atoms with Crippen LogP contribution in [0.3, 0.4) is 0 Å². The van der Waals surface area contributed by atoms with E-state index in [1.807, 2.05) is 0 Å². The lowest BCUT2D eigenvalue weighted by atomic mass is 9.42. The molecule has 0 spiro atoms. The molecule has 0 aliphatic heterocycles. The van der Waals surface area contributed by atoms with Gasteiger partial charge in [-0.15, -0.1) is 0 Å². The summed E-state index contributed by atoms with van der Waals surface area (Å²) in [6.45, 7) is 9.40. The van der Waals surface area contributed by atoms with Crippen molar-refractivity contribution < 1.29 is 9.90 Å². The molecule has 4 aliphatic rings. The first-order valence-corrected chi connectivity index (χ1v) is 9.93. The number of carbonyl (C=O) groups is 1. The number of hydrogen-bond donors (Lipinski definition) is 1. The van der Waals surface area contributed by atoms with Gasteiger partial charge in [-0.05, 0) is 85.9 Å². The Morgan fingerprint density at radius 2 is 1.74 bits per heavy atom. The molecule has 0 aromatic carbocycles. The molecule has 2 nitrogen and oxygen atoms in total. The minimum atomic E-state index is -0.483. The molecular weight excluding hydrogens is 284 g/mol. The molecule has 130 valence electrons. The molecule has 0 bridgehead atoms. The highest BCUT2D eigenvalue weighted by Crippen LogP contribution is 2.69. The molecule has 0 aromatic heterocycles. The van der Waals surface area contributed by atoms with Gasteiger partial charge in [0.2, 0.25) is 0 Å². The van der Waals surface area contributed by atoms with E-state index in [0.717, 1.165) is 37.5 Å². The largest absolute Gasteiger partial charge is 0.390 e. The third-order valence-electron chi connectivity index (χ3n) is 9.40. The molecule has 0 amide bonds. The van der Waals surface area contributed by atoms with Gasteiger partial charge in [0.1, 0.15) is 5.78 Å². The smallest absolute Gasteiger partial charge is 0.133 e. The van der Waals surface area contributed by atoms with Gasteiger partial charge in [0.05, 0.1) is 5.60 Å². The fraction of sp³-hybridized carbons (Fsp3) is 0.952. The molecule has 2 heteroatoms. The average molecular weight is 319 g/mol. The number of aliphatic hydroxyl groups is 1. The van der Waals surface area contributed by atoms with Crippen LogP contribution in [0.1, 0.15) is 79.1 Å². The molecule has 0 radical (unpaired) electrons. The van der Waals surface area contributed by atoms with Crippen molar-refractivity contribution in [1.29, 1.82) is 0 Å². The van der Waals surface area contributed by atoms with Crippen molar-refractivity contribution in [2.45, 2.75) is 84.7 Å². The second-order valence-electron chi connectivity index (χ2n) is 10.2. The Hall–Kier alpha value is -0.370. The SMILES string of the molecule is CC1CC2CC(=O)CC[C@]2(C)[C@H]2CC[C@@]3(C)[C@@H](CCC3(C)O)[C@H]12. The Morgan fingerprint density at radius 1 is 1.04 bits per heavy atom. The molecule has 0 aromatic rings. The summed E-state index contributed by atoms with van der Waals surface area (Å²) in [5.74, 6) is 4.05. The fourth-order valence-corrected chi connectivity index (χ4v) is 7.67. The van der Waals surface area contributed by atoms with E-state index >= 15 is 0 Å². The second kappa shape index (κ2) is 4.84. The van der Waals surface area contributed by atoms with Gasteiger partial charge in [0.25, 0.3) is 0 Å². The normalized spacial score (nSPS) is 59.2. The molecule has 23 heavy (non-hydrogen) atoms. The number of ketones is 1. The van der Waals surface area contributed by atoms with E-state index in [1.54, 1.807) is 0 Å². The van der Waals surface area contributed by atoms with Crippen molar-refractivity contribution in [2.75, 3.05) is 0 Å². The fourth-order valence-electron chi connectivity index (χ4n) is 7.67. The summed E-state index contributed by atoms with van der Waals surface area (Å²) in [4.78, 5) is 12.0. The highest BCUT2D eigenvalue weighted by molar-refractivity contribution is 5.79. The lowest BCUT2D eigenvalue weighted by Crippen LogP contribution is -2.58. The Bertz CT molecular complexity index is 524. The highest BCUT2D eigenvalue weighted by atomic mass is 16.3. The van der Waals surface area contributed by atoms with E-state index < -0.39 is 5.60 Å². The topological polar surface area (TPSA) is 37.3 Å². The molecule has 3 unspecified atom stereocenters. The lowest BCUT2D eigenvalue weighted by molar-refractivity contribution is -0.165. The van der Waals surface area contributed by atoms with Gasteiger partial charge in [-0.1, -0.05) is 20.8 Å². The van der Waals surface area contributed by atoms with Crippen LogP contribution in [-0.4, -0.2) is 16.5 Å². The standard InChI is InChI=1S/C21H34O2/c1-13-11-14-12-15(22)5-8-19(14,2)16-6-9-20(3)17(18(13)16)7-10-21(20,4)23/h13-14,16-18,23H,5-12H2,1-4H3/t13?,14?,16-,17-,18+,19-,20-,21?/m0/s1. The predicted molar refractivity (Wildman–Crippen MR) is 91.9 cm³/mol. The molecule has 8 atom stereocenters. The Morgan fingerprint density at radius 3 is 2.48 bits per heavy atom. The summed E-state index contributed by atoms with van der Waals surface area (Å²) in [5, 5.41) is 11.0. The summed E-state index contributed by atoms with van der Waals surface area (Å²) >= 11 is 0. The lowest BCUT2D eigenvalue weighted by Gasteiger charge is -2.62. The van der Waals surface area contributed by atoms with Gasteiger partial charge >= 0.3 is 0 Å². The van der Waals surface area contributed by atoms with Crippen molar-refractivity contribution >= 4 is 5.78 Å². The zero-order chi connectivity index (χ0) is 16.6. The van der Waals surface area contributed by atoms with Crippen LogP contribution in [0.5, 0.6) is 0 Å². The summed E-state index contributed by atoms with van der Waals surface area (Å²) in [5.41, 5.74) is -0.000383. The van der Waals surface area contributed by atoms with E-state index in [0.29, 0.717) is 29.0 Å². The number of Topliss-reactive ketones (excluding diaryl/α,β-unsaturated/α-hetero) is 1. The van der Waals surface area contributed by atoms with Gasteiger partial charge in [-0.25, -0.2) is 0 Å². The van der Waals surface area contributed by atoms with Gasteiger partial charge in [0, 0.05) is 12.8 Å². The number of carbonyl (C=O) groups excluding carboxylic acids is 1. The first-order chi connectivity index (χ1) is 10.7. The quantitative estimate of drug-likeness (QED) is 0.709. The maximum absolute atomic E-state index is 12.0. The molecule has 4 rings (SSSR count). The maximum atomic E-state index is 12.0. The van der Waals surface area contributed by atoms with Gasteiger partial charge in [-0.3, -0.25) is 4.79 Å². The van der Waals surface area contributed by atoms with Gasteiger partial charge in [-0.2, -0.15) is 0 Å². The van der Waals surface area contributed by atoms with E-state index in [4.69, 9.17) is 0 Å². The number of rotatable bonds is 0. The van der Waals surface area contributed by atoms with E-state index in [1.165, 1.54) is 25.7 Å². The van der Waals surface area contributed by atoms with Crippen LogP contribution >= 0.6 is 0 Å². The second-order valence-corrected chi connectivity index (χ2v) is 10.2. The summed E-state index contributed by atoms with van der Waals surface area (Å²) in [6.07, 6.45) is 8.61. The molecule has 4 aliphatic carbocycles. The van der Waals surface area contributed by atoms with Crippen molar-refractivity contribution in [1.82, 2.24) is 0 Å². The predicted octanol–water partition coefficient (Wildman–Crippen LogP) is 4.60. The zero-order valence-electron chi connectivity index (χ0n) is 15.4. The Balaban J connectivity index is 1.70. The number of hydrogen-bond acceptors (Lipinski definition) is 2. The minimum Gasteiger partial charge on any atom is -0.390 e. The molecule has 4 fully saturated rings. The van der Waals surface area contributed by atoms with Gasteiger partial charge in [0.15, 0.2) is 0 Å². The Kier molecular flexibility index (Phi) is 3.39. The van der Waals surface area contributed by atoms with Crippen molar-refractivity contribution in [3.8, 4) is 0 Å². The zero-order valence-corrected chi connectivity index (χ0v) is 15.4. The molecule has 1 N–H and O–H groups in total. The maximum Gasteiger partial charge on any atom is 0.133 e. The van der Waals surface area contributed by atoms with Crippen molar-refractivity contribution in [3.05, 3.63) is 0 Å². The van der Waals surface area contributed by atoms with E-state index in [2.05, 4.69) is 27.7 Å². The number of fused-ring (bicyclic) bond motifs is 5. The summed E-state index contributed by atoms with van der Waals surface area (Å²) < 4.78 is 0.